The molecule has 0 spiro atoms. The van der Waals surface area contributed by atoms with Crippen LogP contribution in [0.3, 0.4) is 0 Å². The van der Waals surface area contributed by atoms with Crippen molar-refractivity contribution >= 4 is 6.41 Å². The molecule has 0 aliphatic heterocycles. The second-order valence-electron chi connectivity index (χ2n) is 2.81. The summed E-state index contributed by atoms with van der Waals surface area (Å²) >= 11 is 0. The number of hydrogen-bond acceptors (Lipinski definition) is 3. The van der Waals surface area contributed by atoms with Gasteiger partial charge in [0.1, 0.15) is 5.75 Å². The first-order chi connectivity index (χ1) is 7.62. The number of carbonyl (C=O) groups is 1. The molecule has 0 radical (unpaired) electrons. The first-order valence-corrected chi connectivity index (χ1v) is 4.63. The number of para-hydroxylation sites is 1. The first kappa shape index (κ1) is 16.4. The van der Waals surface area contributed by atoms with Crippen LogP contribution in [0.4, 0.5) is 0 Å². The van der Waals surface area contributed by atoms with Crippen LogP contribution in [0.1, 0.15) is 6.92 Å². The number of hydrogen-bond donors (Lipinski definition) is 0. The van der Waals surface area contributed by atoms with E-state index in [4.69, 9.17) is 10.00 Å². The minimum Gasteiger partial charge on any atom is -0.497 e. The number of methoxy groups -OCH3 is 1. The molecule has 0 fully saturated rings. The Labute approximate surface area is 97.1 Å². The Morgan fingerprint density at radius 3 is 1.88 bits per heavy atom. The van der Waals surface area contributed by atoms with Crippen LogP contribution < -0.4 is 4.74 Å². The van der Waals surface area contributed by atoms with Crippen molar-refractivity contribution in [3.63, 3.8) is 0 Å². The normalized spacial score (nSPS) is 6.94. The highest BCUT2D eigenvalue weighted by molar-refractivity contribution is 5.45. The molecule has 1 amide bonds. The first-order valence-electron chi connectivity index (χ1n) is 4.63. The van der Waals surface area contributed by atoms with E-state index >= 15 is 0 Å². The minimum atomic E-state index is 0.750. The van der Waals surface area contributed by atoms with Crippen LogP contribution in [-0.2, 0) is 4.79 Å². The summed E-state index contributed by atoms with van der Waals surface area (Å²) in [6, 6.07) is 11.4. The lowest BCUT2D eigenvalue weighted by atomic mass is 10.3. The van der Waals surface area contributed by atoms with Gasteiger partial charge in [-0.05, 0) is 12.1 Å². The Kier molecular flexibility index (Phi) is 13.3. The van der Waals surface area contributed by atoms with Crippen molar-refractivity contribution < 1.29 is 9.53 Å². The van der Waals surface area contributed by atoms with E-state index in [0.29, 0.717) is 0 Å². The number of amides is 1. The molecule has 88 valence electrons. The van der Waals surface area contributed by atoms with Crippen molar-refractivity contribution in [2.45, 2.75) is 6.92 Å². The average Bonchev–Trinajstić information content (AvgIpc) is 2.32. The molecule has 4 heteroatoms. The number of nitrogens with zero attached hydrogens (tertiary/aromatic N) is 2. The molecule has 0 aliphatic rings. The molecule has 0 aliphatic carbocycles. The summed E-state index contributed by atoms with van der Waals surface area (Å²) < 4.78 is 4.91. The van der Waals surface area contributed by atoms with Crippen molar-refractivity contribution in [2.24, 2.45) is 0 Å². The second kappa shape index (κ2) is 13.0. The summed E-state index contributed by atoms with van der Waals surface area (Å²) in [5.41, 5.74) is 0. The number of rotatable bonds is 2. The van der Waals surface area contributed by atoms with Gasteiger partial charge in [0.15, 0.2) is 0 Å². The predicted octanol–water partition coefficient (Wildman–Crippen LogP) is 1.93. The van der Waals surface area contributed by atoms with Gasteiger partial charge in [0.2, 0.25) is 6.41 Å². The number of ether oxygens (including phenoxy) is 1. The molecule has 4 nitrogen and oxygen atoms in total. The van der Waals surface area contributed by atoms with Gasteiger partial charge in [-0.1, -0.05) is 18.2 Å². The van der Waals surface area contributed by atoms with Crippen molar-refractivity contribution in [1.82, 2.24) is 4.90 Å². The molecule has 0 aromatic heterocycles. The average molecular weight is 222 g/mol. The zero-order chi connectivity index (χ0) is 12.8. The lowest BCUT2D eigenvalue weighted by Gasteiger charge is -1.93. The fourth-order valence-electron chi connectivity index (χ4n) is 0.557. The molecule has 0 bridgehead atoms. The molecule has 1 rings (SSSR count). The van der Waals surface area contributed by atoms with Gasteiger partial charge in [-0.2, -0.15) is 5.26 Å². The summed E-state index contributed by atoms with van der Waals surface area (Å²) in [5, 5.41) is 7.32. The molecule has 0 saturated carbocycles. The van der Waals surface area contributed by atoms with E-state index in [-0.39, 0.29) is 0 Å². The van der Waals surface area contributed by atoms with E-state index in [0.717, 1.165) is 12.2 Å². The van der Waals surface area contributed by atoms with E-state index in [1.807, 2.05) is 30.3 Å². The summed E-state index contributed by atoms with van der Waals surface area (Å²) in [6.45, 7) is 1.43. The van der Waals surface area contributed by atoms with Crippen LogP contribution in [0.25, 0.3) is 0 Å². The Morgan fingerprint density at radius 2 is 1.69 bits per heavy atom. The van der Waals surface area contributed by atoms with Crippen molar-refractivity contribution in [3.8, 4) is 11.8 Å². The molecule has 0 unspecified atom stereocenters. The van der Waals surface area contributed by atoms with E-state index in [9.17, 15) is 4.79 Å². The summed E-state index contributed by atoms with van der Waals surface area (Å²) in [4.78, 5) is 10.9. The van der Waals surface area contributed by atoms with Gasteiger partial charge in [0.25, 0.3) is 0 Å². The van der Waals surface area contributed by atoms with Gasteiger partial charge in [-0.3, -0.25) is 4.79 Å². The van der Waals surface area contributed by atoms with Gasteiger partial charge < -0.3 is 9.64 Å². The van der Waals surface area contributed by atoms with E-state index in [1.165, 1.54) is 11.8 Å². The van der Waals surface area contributed by atoms with Gasteiger partial charge in [-0.15, -0.1) is 0 Å². The van der Waals surface area contributed by atoms with Crippen LogP contribution in [0.5, 0.6) is 5.75 Å². The number of benzene rings is 1. The standard InChI is InChI=1S/C7H8O.C3H7NO.C2H3N/c1-8-7-5-3-2-4-6-7;1-4(2)3-5;1-2-3/h2-6H,1H3;3H,1-2H3;1H3. The molecule has 0 heterocycles. The Morgan fingerprint density at radius 1 is 1.31 bits per heavy atom. The predicted molar refractivity (Wildman–Crippen MR) is 64.0 cm³/mol. The maximum Gasteiger partial charge on any atom is 0.209 e. The number of carbonyl (C=O) groups excluding carboxylic acids is 1. The van der Waals surface area contributed by atoms with Gasteiger partial charge in [0.05, 0.1) is 13.2 Å². The zero-order valence-electron chi connectivity index (χ0n) is 10.2. The monoisotopic (exact) mass is 222 g/mol. The largest absolute Gasteiger partial charge is 0.497 e. The molecule has 16 heavy (non-hydrogen) atoms. The Balaban J connectivity index is 0. The molecular formula is C12H18N2O2. The molecule has 1 aromatic rings. The van der Waals surface area contributed by atoms with Gasteiger partial charge in [-0.25, -0.2) is 0 Å². The molecule has 0 saturated heterocycles. The molecule has 1 aromatic carbocycles. The highest BCUT2D eigenvalue weighted by Crippen LogP contribution is 2.05. The summed E-state index contributed by atoms with van der Waals surface area (Å²) in [6.07, 6.45) is 0.750. The Bertz CT molecular complexity index is 292. The van der Waals surface area contributed by atoms with Crippen LogP contribution in [0, 0.1) is 11.3 Å². The van der Waals surface area contributed by atoms with E-state index in [2.05, 4.69) is 0 Å². The van der Waals surface area contributed by atoms with E-state index < -0.39 is 0 Å². The topological polar surface area (TPSA) is 53.3 Å². The Hall–Kier alpha value is -2.02. The molecule has 0 N–H and O–H groups in total. The number of nitriles is 1. The minimum absolute atomic E-state index is 0.750. The molecule has 0 atom stereocenters. The highest BCUT2D eigenvalue weighted by Gasteiger charge is 1.80. The van der Waals surface area contributed by atoms with Crippen LogP contribution in [0.15, 0.2) is 30.3 Å². The van der Waals surface area contributed by atoms with Crippen LogP contribution in [0.2, 0.25) is 0 Å². The molecular weight excluding hydrogens is 204 g/mol. The highest BCUT2D eigenvalue weighted by atomic mass is 16.5. The quantitative estimate of drug-likeness (QED) is 0.718. The fraction of sp³-hybridized carbons (Fsp3) is 0.333. The van der Waals surface area contributed by atoms with Gasteiger partial charge >= 0.3 is 0 Å². The third-order valence-corrected chi connectivity index (χ3v) is 1.19. The fourth-order valence-corrected chi connectivity index (χ4v) is 0.557. The van der Waals surface area contributed by atoms with Crippen molar-refractivity contribution in [3.05, 3.63) is 30.3 Å². The van der Waals surface area contributed by atoms with Crippen molar-refractivity contribution in [1.29, 1.82) is 5.26 Å². The lowest BCUT2D eigenvalue weighted by molar-refractivity contribution is -0.115. The summed E-state index contributed by atoms with van der Waals surface area (Å²) in [5.74, 6) is 0.910. The van der Waals surface area contributed by atoms with Crippen LogP contribution >= 0.6 is 0 Å². The van der Waals surface area contributed by atoms with E-state index in [1.54, 1.807) is 27.3 Å². The zero-order valence-corrected chi connectivity index (χ0v) is 10.2. The maximum absolute atomic E-state index is 9.43. The summed E-state index contributed by atoms with van der Waals surface area (Å²) in [7, 11) is 5.04. The second-order valence-corrected chi connectivity index (χ2v) is 2.81. The third-order valence-electron chi connectivity index (χ3n) is 1.19. The lowest BCUT2D eigenvalue weighted by Crippen LogP contribution is -2.06. The van der Waals surface area contributed by atoms with Crippen LogP contribution in [-0.4, -0.2) is 32.5 Å². The van der Waals surface area contributed by atoms with Crippen molar-refractivity contribution in [2.75, 3.05) is 21.2 Å². The smallest absolute Gasteiger partial charge is 0.209 e. The maximum atomic E-state index is 9.43. The van der Waals surface area contributed by atoms with Gasteiger partial charge in [0, 0.05) is 21.0 Å². The third kappa shape index (κ3) is 14.5. The SMILES string of the molecule is CC#N.CN(C)C=O.COc1ccccc1.